The third-order valence-electron chi connectivity index (χ3n) is 4.12. The van der Waals surface area contributed by atoms with Gasteiger partial charge in [0.05, 0.1) is 17.6 Å². The van der Waals surface area contributed by atoms with Gasteiger partial charge in [0, 0.05) is 5.92 Å². The molecule has 23 heavy (non-hydrogen) atoms. The summed E-state index contributed by atoms with van der Waals surface area (Å²) in [6.45, 7) is 9.99. The van der Waals surface area contributed by atoms with Crippen LogP contribution in [0.1, 0.15) is 36.7 Å². The van der Waals surface area contributed by atoms with Gasteiger partial charge in [-0.2, -0.15) is 0 Å². The summed E-state index contributed by atoms with van der Waals surface area (Å²) in [5.74, 6) is 2.49. The van der Waals surface area contributed by atoms with Gasteiger partial charge in [-0.15, -0.1) is 0 Å². The molecule has 0 atom stereocenters. The van der Waals surface area contributed by atoms with Gasteiger partial charge in [-0.1, -0.05) is 38.1 Å². The third kappa shape index (κ3) is 3.24. The van der Waals surface area contributed by atoms with Gasteiger partial charge in [0.15, 0.2) is 0 Å². The van der Waals surface area contributed by atoms with Crippen molar-refractivity contribution in [3.05, 3.63) is 59.4 Å². The number of aromatic nitrogens is 2. The van der Waals surface area contributed by atoms with Crippen molar-refractivity contribution < 1.29 is 4.74 Å². The summed E-state index contributed by atoms with van der Waals surface area (Å²) in [6.07, 6.45) is 0. The van der Waals surface area contributed by atoms with Gasteiger partial charge in [0.2, 0.25) is 0 Å². The van der Waals surface area contributed by atoms with Gasteiger partial charge >= 0.3 is 0 Å². The first-order valence-electron chi connectivity index (χ1n) is 8.21. The second-order valence-electron chi connectivity index (χ2n) is 6.38. The zero-order valence-electron chi connectivity index (χ0n) is 14.3. The predicted molar refractivity (Wildman–Crippen MR) is 95.2 cm³/mol. The van der Waals surface area contributed by atoms with Crippen molar-refractivity contribution in [1.82, 2.24) is 9.55 Å². The fourth-order valence-electron chi connectivity index (χ4n) is 2.88. The first kappa shape index (κ1) is 15.6. The van der Waals surface area contributed by atoms with E-state index >= 15 is 0 Å². The number of rotatable bonds is 5. The van der Waals surface area contributed by atoms with E-state index in [4.69, 9.17) is 9.72 Å². The number of hydrogen-bond acceptors (Lipinski definition) is 2. The molecule has 0 unspecified atom stereocenters. The number of aryl methyl sites for hydroxylation is 2. The summed E-state index contributed by atoms with van der Waals surface area (Å²) in [4.78, 5) is 4.78. The van der Waals surface area contributed by atoms with E-state index in [1.54, 1.807) is 0 Å². The summed E-state index contributed by atoms with van der Waals surface area (Å²) in [7, 11) is 0. The highest BCUT2D eigenvalue weighted by Gasteiger charge is 2.13. The van der Waals surface area contributed by atoms with Gasteiger partial charge in [-0.25, -0.2) is 4.98 Å². The normalized spacial score (nSPS) is 11.3. The van der Waals surface area contributed by atoms with Crippen LogP contribution < -0.4 is 4.74 Å². The lowest BCUT2D eigenvalue weighted by molar-refractivity contribution is 0.295. The quantitative estimate of drug-likeness (QED) is 0.673. The Labute approximate surface area is 137 Å². The second-order valence-corrected chi connectivity index (χ2v) is 6.38. The number of fused-ring (bicyclic) bond motifs is 1. The monoisotopic (exact) mass is 308 g/mol. The summed E-state index contributed by atoms with van der Waals surface area (Å²) >= 11 is 0. The molecule has 120 valence electrons. The maximum Gasteiger partial charge on any atom is 0.122 e. The Balaban J connectivity index is 1.81. The maximum absolute atomic E-state index is 6.03. The van der Waals surface area contributed by atoms with Crippen LogP contribution in [0.4, 0.5) is 0 Å². The van der Waals surface area contributed by atoms with Crippen LogP contribution in [0.5, 0.6) is 5.75 Å². The first-order chi connectivity index (χ1) is 11.1. The van der Waals surface area contributed by atoms with Crippen molar-refractivity contribution >= 4 is 11.0 Å². The van der Waals surface area contributed by atoms with Crippen molar-refractivity contribution in [2.24, 2.45) is 0 Å². The Hall–Kier alpha value is -2.29. The number of para-hydroxylation sites is 2. The van der Waals surface area contributed by atoms with E-state index in [9.17, 15) is 0 Å². The predicted octanol–water partition coefficient (Wildman–Crippen LogP) is 4.86. The average Bonchev–Trinajstić information content (AvgIpc) is 2.90. The molecule has 0 N–H and O–H groups in total. The highest BCUT2D eigenvalue weighted by molar-refractivity contribution is 5.76. The van der Waals surface area contributed by atoms with E-state index in [-0.39, 0.29) is 0 Å². The topological polar surface area (TPSA) is 27.1 Å². The van der Waals surface area contributed by atoms with E-state index in [1.165, 1.54) is 16.6 Å². The fourth-order valence-corrected chi connectivity index (χ4v) is 2.88. The lowest BCUT2D eigenvalue weighted by Gasteiger charge is -2.14. The Kier molecular flexibility index (Phi) is 4.37. The molecule has 0 aliphatic rings. The Morgan fingerprint density at radius 2 is 1.87 bits per heavy atom. The third-order valence-corrected chi connectivity index (χ3v) is 4.12. The standard InChI is InChI=1S/C20H24N2O/c1-14(2)20-21-17-7-5-6-8-18(17)22(20)11-12-23-19-13-15(3)9-10-16(19)4/h5-10,13-14H,11-12H2,1-4H3. The van der Waals surface area contributed by atoms with Crippen LogP contribution in [0.2, 0.25) is 0 Å². The lowest BCUT2D eigenvalue weighted by atomic mass is 10.1. The molecule has 1 aromatic heterocycles. The molecule has 0 bridgehead atoms. The molecule has 0 aliphatic heterocycles. The van der Waals surface area contributed by atoms with Gasteiger partial charge in [-0.3, -0.25) is 0 Å². The zero-order valence-corrected chi connectivity index (χ0v) is 14.3. The van der Waals surface area contributed by atoms with Gasteiger partial charge < -0.3 is 9.30 Å². The van der Waals surface area contributed by atoms with Crippen LogP contribution in [0.25, 0.3) is 11.0 Å². The summed E-state index contributed by atoms with van der Waals surface area (Å²) in [5, 5.41) is 0. The van der Waals surface area contributed by atoms with Gasteiger partial charge in [0.1, 0.15) is 18.2 Å². The average molecular weight is 308 g/mol. The van der Waals surface area contributed by atoms with Crippen LogP contribution >= 0.6 is 0 Å². The molecule has 0 fully saturated rings. The fraction of sp³-hybridized carbons (Fsp3) is 0.350. The molecular weight excluding hydrogens is 284 g/mol. The van der Waals surface area contributed by atoms with Crippen molar-refractivity contribution in [2.75, 3.05) is 6.61 Å². The van der Waals surface area contributed by atoms with Gasteiger partial charge in [0.25, 0.3) is 0 Å². The minimum absolute atomic E-state index is 0.392. The van der Waals surface area contributed by atoms with E-state index in [2.05, 4.69) is 68.7 Å². The number of nitrogens with zero attached hydrogens (tertiary/aromatic N) is 2. The van der Waals surface area contributed by atoms with E-state index < -0.39 is 0 Å². The molecule has 1 heterocycles. The highest BCUT2D eigenvalue weighted by Crippen LogP contribution is 2.23. The Bertz CT molecular complexity index is 818. The van der Waals surface area contributed by atoms with Crippen LogP contribution in [0, 0.1) is 13.8 Å². The molecule has 2 aromatic carbocycles. The van der Waals surface area contributed by atoms with E-state index in [1.807, 2.05) is 6.07 Å². The number of imidazole rings is 1. The molecule has 0 saturated heterocycles. The summed E-state index contributed by atoms with van der Waals surface area (Å²) < 4.78 is 8.31. The number of ether oxygens (including phenoxy) is 1. The lowest BCUT2D eigenvalue weighted by Crippen LogP contribution is -2.12. The zero-order chi connectivity index (χ0) is 16.4. The van der Waals surface area contributed by atoms with Crippen molar-refractivity contribution in [3.8, 4) is 5.75 Å². The van der Waals surface area contributed by atoms with Crippen molar-refractivity contribution in [1.29, 1.82) is 0 Å². The molecule has 0 spiro atoms. The Morgan fingerprint density at radius 1 is 1.09 bits per heavy atom. The second kappa shape index (κ2) is 6.45. The number of hydrogen-bond donors (Lipinski definition) is 0. The van der Waals surface area contributed by atoms with Crippen LogP contribution in [0.15, 0.2) is 42.5 Å². The molecule has 3 heteroatoms. The van der Waals surface area contributed by atoms with Crippen LogP contribution in [-0.4, -0.2) is 16.2 Å². The molecule has 0 amide bonds. The van der Waals surface area contributed by atoms with Crippen LogP contribution in [0.3, 0.4) is 0 Å². The molecule has 0 saturated carbocycles. The molecule has 3 aromatic rings. The minimum atomic E-state index is 0.392. The number of benzene rings is 2. The molecular formula is C20H24N2O. The summed E-state index contributed by atoms with van der Waals surface area (Å²) in [6, 6.07) is 14.6. The SMILES string of the molecule is Cc1ccc(C)c(OCCn2c(C(C)C)nc3ccccc32)c1. The highest BCUT2D eigenvalue weighted by atomic mass is 16.5. The van der Waals surface area contributed by atoms with E-state index in [0.29, 0.717) is 12.5 Å². The smallest absolute Gasteiger partial charge is 0.122 e. The molecule has 0 radical (unpaired) electrons. The minimum Gasteiger partial charge on any atom is -0.491 e. The molecule has 0 aliphatic carbocycles. The first-order valence-corrected chi connectivity index (χ1v) is 8.21. The molecule has 3 rings (SSSR count). The molecule has 3 nitrogen and oxygen atoms in total. The van der Waals surface area contributed by atoms with E-state index in [0.717, 1.165) is 23.6 Å². The van der Waals surface area contributed by atoms with Crippen molar-refractivity contribution in [3.63, 3.8) is 0 Å². The van der Waals surface area contributed by atoms with Crippen molar-refractivity contribution in [2.45, 2.75) is 40.2 Å². The Morgan fingerprint density at radius 3 is 2.65 bits per heavy atom. The van der Waals surface area contributed by atoms with Crippen LogP contribution in [-0.2, 0) is 6.54 Å². The summed E-state index contributed by atoms with van der Waals surface area (Å²) in [5.41, 5.74) is 4.64. The van der Waals surface area contributed by atoms with Gasteiger partial charge in [-0.05, 0) is 43.2 Å². The maximum atomic E-state index is 6.03. The largest absolute Gasteiger partial charge is 0.491 e.